The van der Waals surface area contributed by atoms with Gasteiger partial charge in [-0.3, -0.25) is 9.59 Å². The quantitative estimate of drug-likeness (QED) is 0.458. The first-order valence-electron chi connectivity index (χ1n) is 11.6. The molecule has 1 aliphatic heterocycles. The van der Waals surface area contributed by atoms with Gasteiger partial charge in [-0.1, -0.05) is 24.3 Å². The highest BCUT2D eigenvalue weighted by molar-refractivity contribution is 6.02. The van der Waals surface area contributed by atoms with Crippen LogP contribution < -0.4 is 5.32 Å². The third-order valence-corrected chi connectivity index (χ3v) is 6.11. The van der Waals surface area contributed by atoms with Crippen LogP contribution in [0.2, 0.25) is 0 Å². The van der Waals surface area contributed by atoms with Crippen LogP contribution in [0.5, 0.6) is 0 Å². The van der Waals surface area contributed by atoms with E-state index in [4.69, 9.17) is 0 Å². The average molecular weight is 467 g/mol. The molecule has 1 saturated heterocycles. The van der Waals surface area contributed by atoms with Crippen LogP contribution in [-0.2, 0) is 6.54 Å². The summed E-state index contributed by atoms with van der Waals surface area (Å²) in [7, 11) is 0. The van der Waals surface area contributed by atoms with Crippen molar-refractivity contribution in [2.75, 3.05) is 11.9 Å². The van der Waals surface area contributed by atoms with Crippen molar-refractivity contribution in [2.24, 2.45) is 0 Å². The number of nitrogens with zero attached hydrogens (tertiary/aromatic N) is 5. The second-order valence-electron chi connectivity index (χ2n) is 8.71. The standard InChI is InChI=1S/C27H26N6O2/c1-19-10-11-25(29-16-19)31-26(34)23-8-3-7-22(30-23)24-9-4-13-33(24)27(35)21-6-2-5-20(15-21)17-32-14-12-28-18-32/h2-3,5-8,10-12,14-16,18,24H,4,9,13,17H2,1H3,(H,29,31,34)/t24-/m1/s1. The summed E-state index contributed by atoms with van der Waals surface area (Å²) in [6.45, 7) is 3.24. The minimum absolute atomic E-state index is 0.0273. The molecule has 3 aromatic heterocycles. The molecule has 8 nitrogen and oxygen atoms in total. The molecule has 1 fully saturated rings. The number of likely N-dealkylation sites (tertiary alicyclic amines) is 1. The van der Waals surface area contributed by atoms with Gasteiger partial charge in [-0.15, -0.1) is 0 Å². The number of aryl methyl sites for hydroxylation is 1. The van der Waals surface area contributed by atoms with Gasteiger partial charge in [-0.2, -0.15) is 0 Å². The van der Waals surface area contributed by atoms with Gasteiger partial charge >= 0.3 is 0 Å². The first-order chi connectivity index (χ1) is 17.1. The van der Waals surface area contributed by atoms with Gasteiger partial charge in [0.25, 0.3) is 11.8 Å². The van der Waals surface area contributed by atoms with Crippen LogP contribution in [0.15, 0.2) is 79.5 Å². The minimum Gasteiger partial charge on any atom is -0.333 e. The van der Waals surface area contributed by atoms with Crippen molar-refractivity contribution in [1.29, 1.82) is 0 Å². The summed E-state index contributed by atoms with van der Waals surface area (Å²) in [6, 6.07) is 16.5. The highest BCUT2D eigenvalue weighted by atomic mass is 16.2. The molecule has 0 unspecified atom stereocenters. The van der Waals surface area contributed by atoms with Gasteiger partial charge in [0.1, 0.15) is 11.5 Å². The zero-order chi connectivity index (χ0) is 24.2. The van der Waals surface area contributed by atoms with E-state index in [0.29, 0.717) is 30.2 Å². The van der Waals surface area contributed by atoms with Crippen molar-refractivity contribution >= 4 is 17.6 Å². The van der Waals surface area contributed by atoms with Gasteiger partial charge in [0.2, 0.25) is 0 Å². The molecule has 0 saturated carbocycles. The summed E-state index contributed by atoms with van der Waals surface area (Å²) in [6.07, 6.45) is 8.78. The highest BCUT2D eigenvalue weighted by Crippen LogP contribution is 2.32. The van der Waals surface area contributed by atoms with Gasteiger partial charge in [0.05, 0.1) is 18.1 Å². The molecule has 176 valence electrons. The Bertz CT molecular complexity index is 1330. The molecule has 1 N–H and O–H groups in total. The molecule has 0 spiro atoms. The van der Waals surface area contributed by atoms with Gasteiger partial charge in [0.15, 0.2) is 0 Å². The number of aromatic nitrogens is 4. The number of hydrogen-bond acceptors (Lipinski definition) is 5. The van der Waals surface area contributed by atoms with Crippen molar-refractivity contribution in [1.82, 2.24) is 24.4 Å². The molecule has 4 heterocycles. The maximum Gasteiger partial charge on any atom is 0.275 e. The molecule has 8 heteroatoms. The number of hydrogen-bond donors (Lipinski definition) is 1. The van der Waals surface area contributed by atoms with E-state index in [1.54, 1.807) is 30.9 Å². The summed E-state index contributed by atoms with van der Waals surface area (Å²) in [5, 5.41) is 2.79. The van der Waals surface area contributed by atoms with Crippen LogP contribution >= 0.6 is 0 Å². The van der Waals surface area contributed by atoms with Crippen LogP contribution in [0.3, 0.4) is 0 Å². The van der Waals surface area contributed by atoms with Gasteiger partial charge in [-0.05, 0) is 61.2 Å². The van der Waals surface area contributed by atoms with Crippen LogP contribution in [0.1, 0.15) is 56.6 Å². The molecule has 0 aliphatic carbocycles. The lowest BCUT2D eigenvalue weighted by Gasteiger charge is -2.25. The third-order valence-electron chi connectivity index (χ3n) is 6.11. The predicted octanol–water partition coefficient (Wildman–Crippen LogP) is 4.26. The summed E-state index contributed by atoms with van der Waals surface area (Å²) in [5.74, 6) is 0.118. The summed E-state index contributed by atoms with van der Waals surface area (Å²) < 4.78 is 1.97. The maximum atomic E-state index is 13.5. The number of pyridine rings is 2. The molecule has 1 atom stereocenters. The molecular formula is C27H26N6O2. The Balaban J connectivity index is 1.33. The predicted molar refractivity (Wildman–Crippen MR) is 132 cm³/mol. The number of benzene rings is 1. The number of amides is 2. The Morgan fingerprint density at radius 2 is 2.00 bits per heavy atom. The summed E-state index contributed by atoms with van der Waals surface area (Å²) in [5.41, 5.74) is 3.71. The van der Waals surface area contributed by atoms with E-state index in [1.165, 1.54) is 0 Å². The molecule has 1 aliphatic rings. The fourth-order valence-electron chi connectivity index (χ4n) is 4.36. The van der Waals surface area contributed by atoms with Gasteiger partial charge in [0, 0.05) is 37.2 Å². The van der Waals surface area contributed by atoms with E-state index < -0.39 is 0 Å². The van der Waals surface area contributed by atoms with E-state index in [-0.39, 0.29) is 17.9 Å². The van der Waals surface area contributed by atoms with E-state index in [1.807, 2.05) is 65.1 Å². The molecule has 0 bridgehead atoms. The van der Waals surface area contributed by atoms with Gasteiger partial charge < -0.3 is 14.8 Å². The first kappa shape index (κ1) is 22.5. The SMILES string of the molecule is Cc1ccc(NC(=O)c2cccc([C@H]3CCCN3C(=O)c3cccc(Cn4ccnc4)c3)n2)nc1. The zero-order valence-corrected chi connectivity index (χ0v) is 19.5. The van der Waals surface area contributed by atoms with Crippen LogP contribution in [0.4, 0.5) is 5.82 Å². The van der Waals surface area contributed by atoms with Crippen LogP contribution in [0.25, 0.3) is 0 Å². The van der Waals surface area contributed by atoms with Crippen molar-refractivity contribution in [3.05, 3.63) is 108 Å². The van der Waals surface area contributed by atoms with E-state index >= 15 is 0 Å². The minimum atomic E-state index is -0.328. The fourth-order valence-corrected chi connectivity index (χ4v) is 4.36. The molecular weight excluding hydrogens is 440 g/mol. The Morgan fingerprint density at radius 3 is 2.80 bits per heavy atom. The summed E-state index contributed by atoms with van der Waals surface area (Å²) >= 11 is 0. The molecule has 1 aromatic carbocycles. The Kier molecular flexibility index (Phi) is 6.34. The lowest BCUT2D eigenvalue weighted by Crippen LogP contribution is -2.31. The molecule has 35 heavy (non-hydrogen) atoms. The summed E-state index contributed by atoms with van der Waals surface area (Å²) in [4.78, 5) is 41.0. The average Bonchev–Trinajstić information content (AvgIpc) is 3.58. The number of nitrogens with one attached hydrogen (secondary N) is 1. The monoisotopic (exact) mass is 466 g/mol. The van der Waals surface area contributed by atoms with Crippen LogP contribution in [-0.4, -0.2) is 42.8 Å². The van der Waals surface area contributed by atoms with E-state index in [0.717, 1.165) is 29.7 Å². The highest BCUT2D eigenvalue weighted by Gasteiger charge is 2.32. The number of rotatable bonds is 6. The number of carbonyl (C=O) groups is 2. The maximum absolute atomic E-state index is 13.5. The molecule has 0 radical (unpaired) electrons. The number of anilines is 1. The van der Waals surface area contributed by atoms with Crippen molar-refractivity contribution < 1.29 is 9.59 Å². The lowest BCUT2D eigenvalue weighted by atomic mass is 10.1. The Hall–Kier alpha value is -4.33. The topological polar surface area (TPSA) is 93.0 Å². The first-order valence-corrected chi connectivity index (χ1v) is 11.6. The van der Waals surface area contributed by atoms with E-state index in [9.17, 15) is 9.59 Å². The number of carbonyl (C=O) groups excluding carboxylic acids is 2. The smallest absolute Gasteiger partial charge is 0.275 e. The van der Waals surface area contributed by atoms with Crippen molar-refractivity contribution in [3.63, 3.8) is 0 Å². The van der Waals surface area contributed by atoms with Crippen LogP contribution in [0, 0.1) is 6.92 Å². The second kappa shape index (κ2) is 9.89. The molecule has 2 amide bonds. The normalized spacial score (nSPS) is 15.2. The second-order valence-corrected chi connectivity index (χ2v) is 8.71. The van der Waals surface area contributed by atoms with Gasteiger partial charge in [-0.25, -0.2) is 15.0 Å². The molecule has 4 aromatic rings. The lowest BCUT2D eigenvalue weighted by molar-refractivity contribution is 0.0732. The number of imidazole rings is 1. The Morgan fingerprint density at radius 1 is 1.11 bits per heavy atom. The Labute approximate surface area is 203 Å². The van der Waals surface area contributed by atoms with Crippen molar-refractivity contribution in [3.8, 4) is 0 Å². The fraction of sp³-hybridized carbons (Fsp3) is 0.222. The largest absolute Gasteiger partial charge is 0.333 e. The zero-order valence-electron chi connectivity index (χ0n) is 19.5. The van der Waals surface area contributed by atoms with E-state index in [2.05, 4.69) is 20.3 Å². The third kappa shape index (κ3) is 5.11. The molecule has 5 rings (SSSR count). The van der Waals surface area contributed by atoms with Crippen molar-refractivity contribution in [2.45, 2.75) is 32.4 Å².